The molecule has 0 saturated heterocycles. The van der Waals surface area contributed by atoms with Gasteiger partial charge < -0.3 is 10.2 Å². The molecule has 42 heavy (non-hydrogen) atoms. The van der Waals surface area contributed by atoms with E-state index in [0.717, 1.165) is 35.6 Å². The molecule has 1 aliphatic carbocycles. The number of anilines is 1. The summed E-state index contributed by atoms with van der Waals surface area (Å²) in [6.45, 7) is 3.03. The van der Waals surface area contributed by atoms with Crippen LogP contribution < -0.4 is 9.62 Å². The lowest BCUT2D eigenvalue weighted by atomic mass is 10.1. The fourth-order valence-electron chi connectivity index (χ4n) is 5.19. The quantitative estimate of drug-likeness (QED) is 0.242. The summed E-state index contributed by atoms with van der Waals surface area (Å²) in [6.07, 6.45) is 4.14. The molecule has 2 amide bonds. The lowest BCUT2D eigenvalue weighted by Gasteiger charge is -2.34. The van der Waals surface area contributed by atoms with Crippen LogP contribution in [0.4, 0.5) is 5.69 Å². The fraction of sp³-hybridized carbons (Fsp3) is 0.355. The van der Waals surface area contributed by atoms with E-state index in [2.05, 4.69) is 5.32 Å². The van der Waals surface area contributed by atoms with Gasteiger partial charge in [0.15, 0.2) is 0 Å². The number of carbonyl (C=O) groups excluding carboxylic acids is 2. The molecule has 224 valence electrons. The summed E-state index contributed by atoms with van der Waals surface area (Å²) in [6, 6.07) is 16.8. The largest absolute Gasteiger partial charge is 0.352 e. The van der Waals surface area contributed by atoms with Crippen molar-refractivity contribution < 1.29 is 18.0 Å². The van der Waals surface area contributed by atoms with E-state index >= 15 is 0 Å². The van der Waals surface area contributed by atoms with E-state index in [4.69, 9.17) is 34.8 Å². The number of halogens is 3. The summed E-state index contributed by atoms with van der Waals surface area (Å²) in [5.74, 6) is -0.859. The van der Waals surface area contributed by atoms with Crippen molar-refractivity contribution in [2.45, 2.75) is 69.5 Å². The Labute approximate surface area is 262 Å². The van der Waals surface area contributed by atoms with Crippen LogP contribution in [0.2, 0.25) is 15.1 Å². The highest BCUT2D eigenvalue weighted by molar-refractivity contribution is 7.92. The molecule has 1 N–H and O–H groups in total. The molecule has 1 saturated carbocycles. The number of carbonyl (C=O) groups is 2. The number of hydrogen-bond donors (Lipinski definition) is 1. The summed E-state index contributed by atoms with van der Waals surface area (Å²) in [7, 11) is -4.20. The molecule has 0 heterocycles. The molecule has 0 aliphatic heterocycles. The average Bonchev–Trinajstić information content (AvgIpc) is 3.46. The lowest BCUT2D eigenvalue weighted by molar-refractivity contribution is -0.140. The molecule has 7 nitrogen and oxygen atoms in total. The highest BCUT2D eigenvalue weighted by Crippen LogP contribution is 2.29. The predicted octanol–water partition coefficient (Wildman–Crippen LogP) is 7.02. The first kappa shape index (κ1) is 32.1. The maximum absolute atomic E-state index is 14.2. The van der Waals surface area contributed by atoms with Crippen LogP contribution in [0.1, 0.15) is 50.2 Å². The number of amides is 2. The Morgan fingerprint density at radius 3 is 2.17 bits per heavy atom. The maximum Gasteiger partial charge on any atom is 0.264 e. The van der Waals surface area contributed by atoms with Gasteiger partial charge in [-0.2, -0.15) is 0 Å². The number of aryl methyl sites for hydroxylation is 1. The third-order valence-corrected chi connectivity index (χ3v) is 10.2. The molecule has 1 aliphatic rings. The van der Waals surface area contributed by atoms with Gasteiger partial charge in [0.1, 0.15) is 12.6 Å². The van der Waals surface area contributed by atoms with Crippen LogP contribution in [0.5, 0.6) is 0 Å². The van der Waals surface area contributed by atoms with Crippen LogP contribution in [0.15, 0.2) is 71.6 Å². The normalized spacial score (nSPS) is 14.4. The van der Waals surface area contributed by atoms with Gasteiger partial charge in [0.25, 0.3) is 10.0 Å². The van der Waals surface area contributed by atoms with Crippen molar-refractivity contribution in [1.82, 2.24) is 10.2 Å². The Balaban J connectivity index is 1.75. The van der Waals surface area contributed by atoms with Gasteiger partial charge in [-0.3, -0.25) is 13.9 Å². The molecule has 3 aromatic rings. The monoisotopic (exact) mass is 649 g/mol. The van der Waals surface area contributed by atoms with Gasteiger partial charge in [-0.05, 0) is 80.3 Å². The number of benzene rings is 3. The van der Waals surface area contributed by atoms with E-state index in [1.807, 2.05) is 19.9 Å². The molecule has 11 heteroatoms. The average molecular weight is 651 g/mol. The minimum atomic E-state index is -4.20. The van der Waals surface area contributed by atoms with Crippen LogP contribution in [0.3, 0.4) is 0 Å². The van der Waals surface area contributed by atoms with Crippen LogP contribution in [0.25, 0.3) is 0 Å². The third kappa shape index (κ3) is 7.59. The van der Waals surface area contributed by atoms with Crippen molar-refractivity contribution in [2.75, 3.05) is 10.8 Å². The molecule has 1 atom stereocenters. The summed E-state index contributed by atoms with van der Waals surface area (Å²) >= 11 is 19.0. The highest BCUT2D eigenvalue weighted by atomic mass is 35.5. The summed E-state index contributed by atoms with van der Waals surface area (Å²) < 4.78 is 29.0. The number of hydrogen-bond acceptors (Lipinski definition) is 4. The minimum absolute atomic E-state index is 0.0204. The van der Waals surface area contributed by atoms with E-state index in [0.29, 0.717) is 32.7 Å². The maximum atomic E-state index is 14.2. The molecule has 1 fully saturated rings. The Bertz CT molecular complexity index is 1510. The molecule has 4 rings (SSSR count). The molecule has 0 unspecified atom stereocenters. The number of sulfonamides is 1. The van der Waals surface area contributed by atoms with Crippen molar-refractivity contribution in [3.63, 3.8) is 0 Å². The summed E-state index contributed by atoms with van der Waals surface area (Å²) in [5, 5.41) is 4.16. The van der Waals surface area contributed by atoms with Gasteiger partial charge >= 0.3 is 0 Å². The molecular formula is C31H34Cl3N3O4S. The Kier molecular flexibility index (Phi) is 10.8. The zero-order chi connectivity index (χ0) is 30.4. The van der Waals surface area contributed by atoms with Crippen LogP contribution >= 0.6 is 34.8 Å². The SMILES string of the molecule is CC[C@@H](C(=O)NC1CCCC1)N(Cc1c(Cl)cccc1Cl)C(=O)CN(c1cccc(C)c1)S(=O)(=O)c1ccc(Cl)cc1. The minimum Gasteiger partial charge on any atom is -0.352 e. The Morgan fingerprint density at radius 1 is 0.952 bits per heavy atom. The second-order valence-electron chi connectivity index (χ2n) is 10.4. The molecule has 0 bridgehead atoms. The predicted molar refractivity (Wildman–Crippen MR) is 169 cm³/mol. The first-order chi connectivity index (χ1) is 20.0. The smallest absolute Gasteiger partial charge is 0.264 e. The highest BCUT2D eigenvalue weighted by Gasteiger charge is 2.35. The van der Waals surface area contributed by atoms with E-state index in [1.54, 1.807) is 36.4 Å². The lowest BCUT2D eigenvalue weighted by Crippen LogP contribution is -2.53. The molecule has 0 aromatic heterocycles. The van der Waals surface area contributed by atoms with E-state index in [-0.39, 0.29) is 23.4 Å². The van der Waals surface area contributed by atoms with E-state index in [1.165, 1.54) is 29.2 Å². The van der Waals surface area contributed by atoms with Gasteiger partial charge in [0.05, 0.1) is 10.6 Å². The first-order valence-electron chi connectivity index (χ1n) is 13.9. The van der Waals surface area contributed by atoms with Crippen LogP contribution in [0, 0.1) is 6.92 Å². The van der Waals surface area contributed by atoms with Gasteiger partial charge in [0, 0.05) is 33.2 Å². The number of rotatable bonds is 11. The van der Waals surface area contributed by atoms with Crippen molar-refractivity contribution in [3.05, 3.63) is 92.9 Å². The molecule has 3 aromatic carbocycles. The van der Waals surface area contributed by atoms with Gasteiger partial charge in [-0.25, -0.2) is 8.42 Å². The second kappa shape index (κ2) is 14.1. The Morgan fingerprint density at radius 2 is 1.57 bits per heavy atom. The van der Waals surface area contributed by atoms with E-state index in [9.17, 15) is 18.0 Å². The standard InChI is InChI=1S/C31H34Cl3N3O4S/c1-3-29(31(39)35-23-9-4-5-10-23)36(19-26-27(33)12-7-13-28(26)34)30(38)20-37(24-11-6-8-21(2)18-24)42(40,41)25-16-14-22(32)15-17-25/h6-8,11-18,23,29H,3-5,9-10,19-20H2,1-2H3,(H,35,39)/t29-/m0/s1. The molecular weight excluding hydrogens is 617 g/mol. The van der Waals surface area contributed by atoms with Crippen molar-refractivity contribution in [2.24, 2.45) is 0 Å². The van der Waals surface area contributed by atoms with Crippen molar-refractivity contribution in [3.8, 4) is 0 Å². The molecule has 0 spiro atoms. The Hall–Kier alpha value is -2.78. The number of nitrogens with one attached hydrogen (secondary N) is 1. The second-order valence-corrected chi connectivity index (χ2v) is 13.6. The third-order valence-electron chi connectivity index (χ3n) is 7.45. The van der Waals surface area contributed by atoms with Crippen molar-refractivity contribution in [1.29, 1.82) is 0 Å². The van der Waals surface area contributed by atoms with Gasteiger partial charge in [-0.1, -0.05) is 72.8 Å². The van der Waals surface area contributed by atoms with Crippen molar-refractivity contribution >= 4 is 62.3 Å². The van der Waals surface area contributed by atoms with Crippen LogP contribution in [-0.2, 0) is 26.2 Å². The zero-order valence-electron chi connectivity index (χ0n) is 23.5. The van der Waals surface area contributed by atoms with E-state index < -0.39 is 28.5 Å². The number of nitrogens with zero attached hydrogens (tertiary/aromatic N) is 2. The summed E-state index contributed by atoms with van der Waals surface area (Å²) in [4.78, 5) is 29.2. The molecule has 0 radical (unpaired) electrons. The zero-order valence-corrected chi connectivity index (χ0v) is 26.6. The van der Waals surface area contributed by atoms with Crippen LogP contribution in [-0.4, -0.2) is 43.8 Å². The summed E-state index contributed by atoms with van der Waals surface area (Å²) in [5.41, 5.74) is 1.61. The van der Waals surface area contributed by atoms with Gasteiger partial charge in [0.2, 0.25) is 11.8 Å². The van der Waals surface area contributed by atoms with Gasteiger partial charge in [-0.15, -0.1) is 0 Å². The first-order valence-corrected chi connectivity index (χ1v) is 16.5. The fourth-order valence-corrected chi connectivity index (χ4v) is 7.24. The topological polar surface area (TPSA) is 86.8 Å².